The molecular formula is C20H21ClN2O2. The lowest BCUT2D eigenvalue weighted by atomic mass is 10.0. The third-order valence-corrected chi connectivity index (χ3v) is 4.90. The number of carbonyl (C=O) groups is 2. The summed E-state index contributed by atoms with van der Waals surface area (Å²) < 4.78 is 0. The molecule has 3 rings (SSSR count). The van der Waals surface area contributed by atoms with Crippen molar-refractivity contribution in [1.29, 1.82) is 0 Å². The number of halogens is 1. The molecule has 2 amide bonds. The largest absolute Gasteiger partial charge is 0.325 e. The van der Waals surface area contributed by atoms with Gasteiger partial charge in [-0.2, -0.15) is 0 Å². The van der Waals surface area contributed by atoms with Crippen molar-refractivity contribution >= 4 is 34.8 Å². The number of aryl methyl sites for hydroxylation is 3. The Balaban J connectivity index is 1.75. The molecule has 2 aromatic rings. The maximum Gasteiger partial charge on any atom is 0.240 e. The van der Waals surface area contributed by atoms with E-state index in [1.165, 1.54) is 0 Å². The Labute approximate surface area is 152 Å². The van der Waals surface area contributed by atoms with Gasteiger partial charge in [0.05, 0.1) is 10.7 Å². The average molecular weight is 357 g/mol. The van der Waals surface area contributed by atoms with Gasteiger partial charge < -0.3 is 10.6 Å². The summed E-state index contributed by atoms with van der Waals surface area (Å²) in [5, 5.41) is 6.18. The summed E-state index contributed by atoms with van der Waals surface area (Å²) in [4.78, 5) is 25.4. The van der Waals surface area contributed by atoms with Crippen molar-refractivity contribution in [3.05, 3.63) is 58.1 Å². The Morgan fingerprint density at radius 3 is 2.08 bits per heavy atom. The van der Waals surface area contributed by atoms with Crippen molar-refractivity contribution in [3.8, 4) is 0 Å². The van der Waals surface area contributed by atoms with Crippen molar-refractivity contribution < 1.29 is 9.59 Å². The molecular weight excluding hydrogens is 336 g/mol. The summed E-state index contributed by atoms with van der Waals surface area (Å²) in [5.41, 5.74) is 3.28. The average Bonchev–Trinajstić information content (AvgIpc) is 3.34. The van der Waals surface area contributed by atoms with Gasteiger partial charge in [0.25, 0.3) is 0 Å². The Bertz CT molecular complexity index is 816. The Morgan fingerprint density at radius 1 is 0.920 bits per heavy atom. The van der Waals surface area contributed by atoms with Gasteiger partial charge in [0.15, 0.2) is 0 Å². The molecule has 0 heterocycles. The van der Waals surface area contributed by atoms with Crippen molar-refractivity contribution in [3.63, 3.8) is 0 Å². The predicted octanol–water partition coefficient (Wildman–Crippen LogP) is 4.62. The van der Waals surface area contributed by atoms with Crippen LogP contribution in [0.5, 0.6) is 0 Å². The molecule has 5 heteroatoms. The van der Waals surface area contributed by atoms with Gasteiger partial charge in [-0.15, -0.1) is 0 Å². The molecule has 0 atom stereocenters. The number of hydrogen-bond acceptors (Lipinski definition) is 2. The van der Waals surface area contributed by atoms with Gasteiger partial charge >= 0.3 is 0 Å². The van der Waals surface area contributed by atoms with Gasteiger partial charge in [-0.3, -0.25) is 9.59 Å². The van der Waals surface area contributed by atoms with Crippen molar-refractivity contribution in [2.45, 2.75) is 33.6 Å². The first-order valence-corrected chi connectivity index (χ1v) is 8.66. The zero-order valence-electron chi connectivity index (χ0n) is 14.6. The zero-order valence-corrected chi connectivity index (χ0v) is 15.3. The van der Waals surface area contributed by atoms with Crippen LogP contribution in [0.2, 0.25) is 5.02 Å². The van der Waals surface area contributed by atoms with Crippen LogP contribution in [0.15, 0.2) is 36.4 Å². The molecule has 0 aromatic heterocycles. The van der Waals surface area contributed by atoms with E-state index >= 15 is 0 Å². The molecule has 0 aliphatic heterocycles. The highest BCUT2D eigenvalue weighted by molar-refractivity contribution is 6.34. The minimum atomic E-state index is -1.01. The molecule has 2 N–H and O–H groups in total. The van der Waals surface area contributed by atoms with E-state index in [0.717, 1.165) is 16.7 Å². The van der Waals surface area contributed by atoms with Gasteiger partial charge in [0.2, 0.25) is 11.8 Å². The topological polar surface area (TPSA) is 58.2 Å². The molecule has 1 saturated carbocycles. The second-order valence-corrected chi connectivity index (χ2v) is 7.20. The van der Waals surface area contributed by atoms with E-state index in [0.29, 0.717) is 29.2 Å². The summed E-state index contributed by atoms with van der Waals surface area (Å²) >= 11 is 6.26. The van der Waals surface area contributed by atoms with E-state index in [2.05, 4.69) is 10.6 Å². The fourth-order valence-electron chi connectivity index (χ4n) is 2.88. The van der Waals surface area contributed by atoms with E-state index in [-0.39, 0.29) is 11.8 Å². The van der Waals surface area contributed by atoms with Crippen molar-refractivity contribution in [1.82, 2.24) is 0 Å². The van der Waals surface area contributed by atoms with Gasteiger partial charge in [-0.25, -0.2) is 0 Å². The highest BCUT2D eigenvalue weighted by Gasteiger charge is 2.56. The summed E-state index contributed by atoms with van der Waals surface area (Å²) in [6.45, 7) is 5.82. The number of nitrogens with one attached hydrogen (secondary N) is 2. The molecule has 25 heavy (non-hydrogen) atoms. The first-order valence-electron chi connectivity index (χ1n) is 8.28. The molecule has 0 saturated heterocycles. The number of amides is 2. The Kier molecular flexibility index (Phi) is 4.56. The van der Waals surface area contributed by atoms with Crippen molar-refractivity contribution in [2.24, 2.45) is 5.41 Å². The number of hydrogen-bond donors (Lipinski definition) is 2. The van der Waals surface area contributed by atoms with Crippen LogP contribution in [-0.4, -0.2) is 11.8 Å². The van der Waals surface area contributed by atoms with Gasteiger partial charge in [0, 0.05) is 5.69 Å². The quantitative estimate of drug-likeness (QED) is 0.785. The second-order valence-electron chi connectivity index (χ2n) is 6.80. The van der Waals surface area contributed by atoms with E-state index in [9.17, 15) is 9.59 Å². The van der Waals surface area contributed by atoms with Gasteiger partial charge in [-0.05, 0) is 62.9 Å². The molecule has 1 aliphatic rings. The molecule has 0 bridgehead atoms. The first-order chi connectivity index (χ1) is 11.8. The fraction of sp³-hybridized carbons (Fsp3) is 0.300. The normalized spacial score (nSPS) is 14.7. The Hall–Kier alpha value is -2.33. The van der Waals surface area contributed by atoms with Gasteiger partial charge in [-0.1, -0.05) is 35.4 Å². The van der Waals surface area contributed by atoms with Crippen LogP contribution in [0, 0.1) is 26.2 Å². The molecule has 1 fully saturated rings. The molecule has 4 nitrogen and oxygen atoms in total. The third-order valence-electron chi connectivity index (χ3n) is 4.60. The minimum absolute atomic E-state index is 0.269. The van der Waals surface area contributed by atoms with Gasteiger partial charge in [0.1, 0.15) is 5.41 Å². The van der Waals surface area contributed by atoms with E-state index in [4.69, 9.17) is 11.6 Å². The van der Waals surface area contributed by atoms with Crippen LogP contribution in [0.25, 0.3) is 0 Å². The summed E-state index contributed by atoms with van der Waals surface area (Å²) in [6.07, 6.45) is 1.08. The standard InChI is InChI=1S/C20H21ClN2O2/c1-12-4-6-15(7-5-12)22-18(24)20(8-9-20)19(25)23-17-14(3)10-13(2)11-16(17)21/h4-7,10-11H,8-9H2,1-3H3,(H,22,24)(H,23,25). The fourth-order valence-corrected chi connectivity index (χ4v) is 3.25. The third kappa shape index (κ3) is 3.54. The first kappa shape index (κ1) is 17.5. The lowest BCUT2D eigenvalue weighted by Crippen LogP contribution is -2.35. The number of anilines is 2. The number of rotatable bonds is 4. The summed E-state index contributed by atoms with van der Waals surface area (Å²) in [6, 6.07) is 11.3. The number of carbonyl (C=O) groups excluding carboxylic acids is 2. The SMILES string of the molecule is Cc1ccc(NC(=O)C2(C(=O)Nc3c(C)cc(C)cc3Cl)CC2)cc1. The van der Waals surface area contributed by atoms with E-state index < -0.39 is 5.41 Å². The van der Waals surface area contributed by atoms with Crippen LogP contribution in [0.4, 0.5) is 11.4 Å². The van der Waals surface area contributed by atoms with Crippen LogP contribution >= 0.6 is 11.6 Å². The summed E-state index contributed by atoms with van der Waals surface area (Å²) in [5.74, 6) is -0.569. The maximum absolute atomic E-state index is 12.7. The molecule has 2 aromatic carbocycles. The van der Waals surface area contributed by atoms with Crippen LogP contribution in [0.1, 0.15) is 29.5 Å². The second kappa shape index (κ2) is 6.52. The Morgan fingerprint density at radius 2 is 1.52 bits per heavy atom. The highest BCUT2D eigenvalue weighted by atomic mass is 35.5. The van der Waals surface area contributed by atoms with Crippen LogP contribution in [0.3, 0.4) is 0 Å². The predicted molar refractivity (Wildman–Crippen MR) is 101 cm³/mol. The lowest BCUT2D eigenvalue weighted by Gasteiger charge is -2.17. The van der Waals surface area contributed by atoms with Crippen LogP contribution < -0.4 is 10.6 Å². The molecule has 0 spiro atoms. The molecule has 0 radical (unpaired) electrons. The van der Waals surface area contributed by atoms with E-state index in [1.807, 2.05) is 51.1 Å². The lowest BCUT2D eigenvalue weighted by molar-refractivity contribution is -0.131. The minimum Gasteiger partial charge on any atom is -0.325 e. The molecule has 130 valence electrons. The molecule has 0 unspecified atom stereocenters. The highest BCUT2D eigenvalue weighted by Crippen LogP contribution is 2.48. The zero-order chi connectivity index (χ0) is 18.2. The van der Waals surface area contributed by atoms with Crippen LogP contribution in [-0.2, 0) is 9.59 Å². The smallest absolute Gasteiger partial charge is 0.240 e. The maximum atomic E-state index is 12.7. The monoisotopic (exact) mass is 356 g/mol. The number of benzene rings is 2. The molecule has 1 aliphatic carbocycles. The van der Waals surface area contributed by atoms with E-state index in [1.54, 1.807) is 6.07 Å². The summed E-state index contributed by atoms with van der Waals surface area (Å²) in [7, 11) is 0. The van der Waals surface area contributed by atoms with Crippen molar-refractivity contribution in [2.75, 3.05) is 10.6 Å².